The molecule has 0 saturated carbocycles. The molecule has 26 heavy (non-hydrogen) atoms. The lowest BCUT2D eigenvalue weighted by Gasteiger charge is -2.34. The highest BCUT2D eigenvalue weighted by Crippen LogP contribution is 2.27. The number of likely N-dealkylation sites (tertiary alicyclic amines) is 1. The van der Waals surface area contributed by atoms with Gasteiger partial charge in [-0.3, -0.25) is 9.59 Å². The fourth-order valence-corrected chi connectivity index (χ4v) is 3.60. The van der Waals surface area contributed by atoms with Crippen molar-refractivity contribution < 1.29 is 4.79 Å². The third-order valence-electron chi connectivity index (χ3n) is 5.21. The van der Waals surface area contributed by atoms with E-state index in [1.54, 1.807) is 0 Å². The van der Waals surface area contributed by atoms with Gasteiger partial charge in [-0.05, 0) is 68.5 Å². The lowest BCUT2D eigenvalue weighted by molar-refractivity contribution is 0.102. The summed E-state index contributed by atoms with van der Waals surface area (Å²) in [5.74, 6) is 1.20. The number of H-pyrrole nitrogens is 1. The fraction of sp³-hybridized carbons (Fsp3) is 0.450. The predicted molar refractivity (Wildman–Crippen MR) is 102 cm³/mol. The third-order valence-corrected chi connectivity index (χ3v) is 5.21. The average molecular weight is 354 g/mol. The van der Waals surface area contributed by atoms with Gasteiger partial charge in [-0.25, -0.2) is 5.10 Å². The minimum atomic E-state index is -0.339. The van der Waals surface area contributed by atoms with E-state index in [0.29, 0.717) is 0 Å². The molecule has 1 aromatic heterocycles. The molecule has 6 heteroatoms. The molecule has 1 aliphatic heterocycles. The quantitative estimate of drug-likeness (QED) is 0.865. The number of carbonyl (C=O) groups excluding carboxylic acids is 1. The zero-order chi connectivity index (χ0) is 18.5. The Hall–Kier alpha value is -2.47. The minimum absolute atomic E-state index is 0.185. The molecule has 2 N–H and O–H groups in total. The van der Waals surface area contributed by atoms with Gasteiger partial charge in [0.2, 0.25) is 0 Å². The van der Waals surface area contributed by atoms with Gasteiger partial charge in [-0.2, -0.15) is 5.10 Å². The lowest BCUT2D eigenvalue weighted by atomic mass is 9.83. The van der Waals surface area contributed by atoms with E-state index in [2.05, 4.69) is 46.5 Å². The zero-order valence-electron chi connectivity index (χ0n) is 15.4. The molecule has 0 unspecified atom stereocenters. The number of carbonyl (C=O) groups is 1. The van der Waals surface area contributed by atoms with Crippen LogP contribution in [-0.2, 0) is 6.42 Å². The largest absolute Gasteiger partial charge is 0.321 e. The standard InChI is InChI=1S/C20H26N4O2/c1-14-13-24(2)12-11-16(14)6-3-15-4-7-17(8-5-15)21-20(26)18-9-10-19(25)23-22-18/h4-5,7-10,14,16H,3,6,11-13H2,1-2H3,(H,21,26)(H,23,25)/t14-,16-/m1/s1. The van der Waals surface area contributed by atoms with Gasteiger partial charge in [0, 0.05) is 18.3 Å². The first-order chi connectivity index (χ1) is 12.5. The summed E-state index contributed by atoms with van der Waals surface area (Å²) in [6, 6.07) is 10.7. The van der Waals surface area contributed by atoms with Crippen molar-refractivity contribution >= 4 is 11.6 Å². The van der Waals surface area contributed by atoms with Gasteiger partial charge in [0.1, 0.15) is 5.69 Å². The molecule has 2 heterocycles. The number of aromatic nitrogens is 2. The summed E-state index contributed by atoms with van der Waals surface area (Å²) in [5.41, 5.74) is 1.87. The van der Waals surface area contributed by atoms with Crippen LogP contribution in [0.25, 0.3) is 0 Å². The number of aryl methyl sites for hydroxylation is 1. The first kappa shape index (κ1) is 18.3. The number of anilines is 1. The Morgan fingerprint density at radius 1 is 1.27 bits per heavy atom. The van der Waals surface area contributed by atoms with E-state index < -0.39 is 0 Å². The highest BCUT2D eigenvalue weighted by molar-refractivity contribution is 6.02. The molecule has 1 aliphatic rings. The van der Waals surface area contributed by atoms with Crippen LogP contribution < -0.4 is 10.9 Å². The Kier molecular flexibility index (Phi) is 5.83. The maximum absolute atomic E-state index is 12.1. The van der Waals surface area contributed by atoms with Gasteiger partial charge in [0.05, 0.1) is 0 Å². The van der Waals surface area contributed by atoms with E-state index >= 15 is 0 Å². The average Bonchev–Trinajstić information content (AvgIpc) is 2.63. The van der Waals surface area contributed by atoms with Crippen molar-refractivity contribution in [2.75, 3.05) is 25.5 Å². The number of nitrogens with zero attached hydrogens (tertiary/aromatic N) is 2. The highest BCUT2D eigenvalue weighted by atomic mass is 16.2. The van der Waals surface area contributed by atoms with Crippen molar-refractivity contribution in [3.8, 4) is 0 Å². The van der Waals surface area contributed by atoms with Crippen LogP contribution in [0.15, 0.2) is 41.2 Å². The summed E-state index contributed by atoms with van der Waals surface area (Å²) in [7, 11) is 2.20. The molecule has 138 valence electrons. The van der Waals surface area contributed by atoms with Crippen LogP contribution in [0, 0.1) is 11.8 Å². The van der Waals surface area contributed by atoms with Crippen molar-refractivity contribution in [1.29, 1.82) is 0 Å². The van der Waals surface area contributed by atoms with Crippen molar-refractivity contribution in [3.05, 3.63) is 58.0 Å². The molecule has 6 nitrogen and oxygen atoms in total. The Morgan fingerprint density at radius 3 is 2.69 bits per heavy atom. The molecule has 1 fully saturated rings. The summed E-state index contributed by atoms with van der Waals surface area (Å²) in [6.45, 7) is 4.73. The summed E-state index contributed by atoms with van der Waals surface area (Å²) in [4.78, 5) is 25.5. The van der Waals surface area contributed by atoms with Crippen LogP contribution in [0.2, 0.25) is 0 Å². The first-order valence-corrected chi connectivity index (χ1v) is 9.16. The lowest BCUT2D eigenvalue weighted by Crippen LogP contribution is -2.36. The molecular formula is C20H26N4O2. The molecular weight excluding hydrogens is 328 g/mol. The van der Waals surface area contributed by atoms with Crippen LogP contribution >= 0.6 is 0 Å². The van der Waals surface area contributed by atoms with Gasteiger partial charge in [-0.1, -0.05) is 19.1 Å². The summed E-state index contributed by atoms with van der Waals surface area (Å²) in [6.07, 6.45) is 3.55. The Balaban J connectivity index is 1.52. The fourth-order valence-electron chi connectivity index (χ4n) is 3.60. The van der Waals surface area contributed by atoms with E-state index in [9.17, 15) is 9.59 Å². The number of benzene rings is 1. The molecule has 0 radical (unpaired) electrons. The van der Waals surface area contributed by atoms with Crippen LogP contribution in [0.4, 0.5) is 5.69 Å². The molecule has 3 rings (SSSR count). The molecule has 2 atom stereocenters. The number of rotatable bonds is 5. The molecule has 2 aromatic rings. The monoisotopic (exact) mass is 354 g/mol. The summed E-state index contributed by atoms with van der Waals surface area (Å²) in [5, 5.41) is 8.79. The normalized spacial score (nSPS) is 20.7. The smallest absolute Gasteiger partial charge is 0.276 e. The van der Waals surface area contributed by atoms with E-state index in [4.69, 9.17) is 0 Å². The number of nitrogens with one attached hydrogen (secondary N) is 2. The predicted octanol–water partition coefficient (Wildman–Crippen LogP) is 2.54. The number of amides is 1. The first-order valence-electron chi connectivity index (χ1n) is 9.16. The van der Waals surface area contributed by atoms with E-state index in [0.717, 1.165) is 23.9 Å². The molecule has 1 amide bonds. The highest BCUT2D eigenvalue weighted by Gasteiger charge is 2.23. The van der Waals surface area contributed by atoms with Crippen molar-refractivity contribution in [2.24, 2.45) is 11.8 Å². The van der Waals surface area contributed by atoms with E-state index in [-0.39, 0.29) is 17.2 Å². The van der Waals surface area contributed by atoms with Crippen molar-refractivity contribution in [3.63, 3.8) is 0 Å². The second kappa shape index (κ2) is 8.27. The van der Waals surface area contributed by atoms with Gasteiger partial charge in [0.15, 0.2) is 0 Å². The maximum Gasteiger partial charge on any atom is 0.276 e. The molecule has 1 aromatic carbocycles. The number of hydrogen-bond acceptors (Lipinski definition) is 4. The van der Waals surface area contributed by atoms with Crippen molar-refractivity contribution in [1.82, 2.24) is 15.1 Å². The van der Waals surface area contributed by atoms with Gasteiger partial charge in [-0.15, -0.1) is 0 Å². The molecule has 0 aliphatic carbocycles. The zero-order valence-corrected chi connectivity index (χ0v) is 15.4. The van der Waals surface area contributed by atoms with Crippen molar-refractivity contribution in [2.45, 2.75) is 26.2 Å². The third kappa shape index (κ3) is 4.79. The van der Waals surface area contributed by atoms with Gasteiger partial charge in [0.25, 0.3) is 11.5 Å². The Morgan fingerprint density at radius 2 is 2.04 bits per heavy atom. The second-order valence-electron chi connectivity index (χ2n) is 7.28. The maximum atomic E-state index is 12.1. The number of aromatic amines is 1. The second-order valence-corrected chi connectivity index (χ2v) is 7.28. The van der Waals surface area contributed by atoms with Crippen LogP contribution in [0.1, 0.15) is 35.8 Å². The molecule has 0 bridgehead atoms. The number of hydrogen-bond donors (Lipinski definition) is 2. The SMILES string of the molecule is C[C@@H]1CN(C)CC[C@H]1CCc1ccc(NC(=O)c2ccc(=O)[nH]n2)cc1. The Labute approximate surface area is 153 Å². The molecule has 1 saturated heterocycles. The topological polar surface area (TPSA) is 78.1 Å². The van der Waals surface area contributed by atoms with E-state index in [1.165, 1.54) is 43.6 Å². The van der Waals surface area contributed by atoms with Crippen LogP contribution in [-0.4, -0.2) is 41.1 Å². The van der Waals surface area contributed by atoms with E-state index in [1.807, 2.05) is 12.1 Å². The van der Waals surface area contributed by atoms with Crippen LogP contribution in [0.3, 0.4) is 0 Å². The summed E-state index contributed by atoms with van der Waals surface area (Å²) >= 11 is 0. The Bertz CT molecular complexity index is 780. The molecule has 0 spiro atoms. The van der Waals surface area contributed by atoms with Gasteiger partial charge >= 0.3 is 0 Å². The van der Waals surface area contributed by atoms with Gasteiger partial charge < -0.3 is 10.2 Å². The number of piperidine rings is 1. The van der Waals surface area contributed by atoms with Crippen LogP contribution in [0.5, 0.6) is 0 Å². The summed E-state index contributed by atoms with van der Waals surface area (Å²) < 4.78 is 0. The minimum Gasteiger partial charge on any atom is -0.321 e.